The normalized spacial score (nSPS) is 10.7. The molecule has 0 atom stereocenters. The Kier molecular flexibility index (Phi) is 5.41. The molecule has 2 N–H and O–H groups in total. The van der Waals surface area contributed by atoms with Crippen LogP contribution in [0.4, 0.5) is 11.5 Å². The summed E-state index contributed by atoms with van der Waals surface area (Å²) in [7, 11) is 0. The second kappa shape index (κ2) is 8.83. The number of hydrazine groups is 1. The van der Waals surface area contributed by atoms with E-state index in [0.717, 1.165) is 27.9 Å². The highest BCUT2D eigenvalue weighted by atomic mass is 16.6. The van der Waals surface area contributed by atoms with Gasteiger partial charge in [-0.2, -0.15) is 4.98 Å². The Balaban J connectivity index is 1.44. The smallest absolute Gasteiger partial charge is 0.374 e. The molecule has 1 aromatic heterocycles. The number of hydrogen-bond acceptors (Lipinski definition) is 7. The molecular weight excluding hydrogens is 434 g/mol. The second-order valence-electron chi connectivity index (χ2n) is 7.32. The van der Waals surface area contributed by atoms with Gasteiger partial charge in [0.25, 0.3) is 5.91 Å². The first kappa shape index (κ1) is 20.8. The van der Waals surface area contributed by atoms with E-state index < -0.39 is 16.5 Å². The standard InChI is InChI=1S/C25H17N5O4/c31-24(20-13-5-9-16-7-1-3-11-18(16)20)29-28-23-22(30(32)33)25(27-15-26-23)34-21-14-6-10-17-8-2-4-12-19(17)21/h1-15H,(H,29,31)(H,26,27,28). The van der Waals surface area contributed by atoms with E-state index in [0.29, 0.717) is 11.3 Å². The summed E-state index contributed by atoms with van der Waals surface area (Å²) in [5.74, 6) is -0.519. The highest BCUT2D eigenvalue weighted by molar-refractivity contribution is 6.07. The van der Waals surface area contributed by atoms with Crippen LogP contribution in [0.3, 0.4) is 0 Å². The molecule has 0 aliphatic rings. The largest absolute Gasteiger partial charge is 0.433 e. The zero-order chi connectivity index (χ0) is 23.5. The Morgan fingerprint density at radius 1 is 0.824 bits per heavy atom. The van der Waals surface area contributed by atoms with E-state index in [-0.39, 0.29) is 11.7 Å². The minimum atomic E-state index is -0.660. The monoisotopic (exact) mass is 451 g/mol. The van der Waals surface area contributed by atoms with E-state index in [1.807, 2.05) is 60.7 Å². The SMILES string of the molecule is O=C(NNc1ncnc(Oc2cccc3ccccc23)c1[N+](=O)[O-])c1cccc2ccccc12. The molecule has 166 valence electrons. The number of hydrogen-bond donors (Lipinski definition) is 2. The van der Waals surface area contributed by atoms with Crippen molar-refractivity contribution in [3.63, 3.8) is 0 Å². The summed E-state index contributed by atoms with van der Waals surface area (Å²) in [6, 6.07) is 25.6. The number of ether oxygens (including phenoxy) is 1. The summed E-state index contributed by atoms with van der Waals surface area (Å²) < 4.78 is 5.83. The Bertz CT molecular complexity index is 1540. The van der Waals surface area contributed by atoms with E-state index in [1.165, 1.54) is 0 Å². The van der Waals surface area contributed by atoms with Gasteiger partial charge in [0.2, 0.25) is 5.82 Å². The number of fused-ring (bicyclic) bond motifs is 2. The molecule has 0 aliphatic carbocycles. The molecule has 34 heavy (non-hydrogen) atoms. The molecule has 0 spiro atoms. The number of carbonyl (C=O) groups excluding carboxylic acids is 1. The third-order valence-corrected chi connectivity index (χ3v) is 5.26. The van der Waals surface area contributed by atoms with Crippen LogP contribution in [0.1, 0.15) is 10.4 Å². The van der Waals surface area contributed by atoms with Crippen LogP contribution in [0, 0.1) is 10.1 Å². The van der Waals surface area contributed by atoms with Gasteiger partial charge in [-0.25, -0.2) is 4.98 Å². The van der Waals surface area contributed by atoms with Crippen LogP contribution in [0.5, 0.6) is 11.6 Å². The lowest BCUT2D eigenvalue weighted by Gasteiger charge is -2.12. The molecule has 0 aliphatic heterocycles. The Morgan fingerprint density at radius 3 is 2.24 bits per heavy atom. The van der Waals surface area contributed by atoms with Gasteiger partial charge >= 0.3 is 11.6 Å². The molecule has 1 heterocycles. The van der Waals surface area contributed by atoms with Crippen molar-refractivity contribution in [2.75, 3.05) is 5.43 Å². The van der Waals surface area contributed by atoms with E-state index in [4.69, 9.17) is 4.74 Å². The molecule has 0 saturated carbocycles. The summed E-state index contributed by atoms with van der Waals surface area (Å²) in [5.41, 5.74) is 4.94. The minimum absolute atomic E-state index is 0.205. The molecule has 1 amide bonds. The first-order valence-corrected chi connectivity index (χ1v) is 10.3. The summed E-state index contributed by atoms with van der Waals surface area (Å²) in [5, 5.41) is 15.2. The van der Waals surface area contributed by atoms with Crippen molar-refractivity contribution in [2.45, 2.75) is 0 Å². The van der Waals surface area contributed by atoms with Crippen LogP contribution in [0.25, 0.3) is 21.5 Å². The van der Waals surface area contributed by atoms with Crippen LogP contribution < -0.4 is 15.6 Å². The van der Waals surface area contributed by atoms with Crippen molar-refractivity contribution >= 4 is 39.0 Å². The highest BCUT2D eigenvalue weighted by Gasteiger charge is 2.26. The van der Waals surface area contributed by atoms with Crippen molar-refractivity contribution in [1.82, 2.24) is 15.4 Å². The van der Waals surface area contributed by atoms with Gasteiger partial charge < -0.3 is 4.74 Å². The second-order valence-corrected chi connectivity index (χ2v) is 7.32. The molecule has 0 bridgehead atoms. The molecule has 0 fully saturated rings. The van der Waals surface area contributed by atoms with Crippen molar-refractivity contribution in [3.05, 3.63) is 107 Å². The number of nitrogens with one attached hydrogen (secondary N) is 2. The van der Waals surface area contributed by atoms with Gasteiger partial charge in [0.15, 0.2) is 0 Å². The minimum Gasteiger partial charge on any atom is -0.433 e. The van der Waals surface area contributed by atoms with Crippen molar-refractivity contribution in [1.29, 1.82) is 0 Å². The number of aromatic nitrogens is 2. The van der Waals surface area contributed by atoms with E-state index in [2.05, 4.69) is 20.8 Å². The number of benzene rings is 4. The lowest BCUT2D eigenvalue weighted by Crippen LogP contribution is -2.30. The first-order valence-electron chi connectivity index (χ1n) is 10.3. The first-order chi connectivity index (χ1) is 16.6. The fraction of sp³-hybridized carbons (Fsp3) is 0. The van der Waals surface area contributed by atoms with Gasteiger partial charge in [0, 0.05) is 10.9 Å². The quantitative estimate of drug-likeness (QED) is 0.268. The topological polar surface area (TPSA) is 119 Å². The third-order valence-electron chi connectivity index (χ3n) is 5.26. The lowest BCUT2D eigenvalue weighted by molar-refractivity contribution is -0.385. The summed E-state index contributed by atoms with van der Waals surface area (Å²) in [6.07, 6.45) is 1.12. The lowest BCUT2D eigenvalue weighted by atomic mass is 10.0. The fourth-order valence-electron chi connectivity index (χ4n) is 3.69. The predicted octanol–water partition coefficient (Wildman–Crippen LogP) is 5.24. The number of carbonyl (C=O) groups is 1. The molecule has 9 nitrogen and oxygen atoms in total. The van der Waals surface area contributed by atoms with Gasteiger partial charge in [-0.15, -0.1) is 0 Å². The van der Waals surface area contributed by atoms with E-state index >= 15 is 0 Å². The molecule has 9 heteroatoms. The van der Waals surface area contributed by atoms with Crippen molar-refractivity contribution < 1.29 is 14.5 Å². The third kappa shape index (κ3) is 3.93. The molecule has 0 unspecified atom stereocenters. The van der Waals surface area contributed by atoms with E-state index in [1.54, 1.807) is 24.3 Å². The summed E-state index contributed by atoms with van der Waals surface area (Å²) in [6.45, 7) is 0. The molecular formula is C25H17N5O4. The summed E-state index contributed by atoms with van der Waals surface area (Å²) >= 11 is 0. The molecule has 0 radical (unpaired) electrons. The van der Waals surface area contributed by atoms with Gasteiger partial charge in [-0.1, -0.05) is 72.8 Å². The van der Waals surface area contributed by atoms with Gasteiger partial charge in [-0.05, 0) is 28.3 Å². The number of nitro groups is 1. The Morgan fingerprint density at radius 2 is 1.47 bits per heavy atom. The maximum Gasteiger partial charge on any atom is 0.374 e. The van der Waals surface area contributed by atoms with Crippen LogP contribution >= 0.6 is 0 Å². The highest BCUT2D eigenvalue weighted by Crippen LogP contribution is 2.36. The zero-order valence-electron chi connectivity index (χ0n) is 17.6. The number of nitrogens with zero attached hydrogens (tertiary/aromatic N) is 3. The van der Waals surface area contributed by atoms with Crippen LogP contribution in [-0.4, -0.2) is 20.8 Å². The summed E-state index contributed by atoms with van der Waals surface area (Å²) in [4.78, 5) is 31.9. The van der Waals surface area contributed by atoms with Gasteiger partial charge in [0.05, 0.1) is 4.92 Å². The van der Waals surface area contributed by atoms with Gasteiger partial charge in [0.1, 0.15) is 12.1 Å². The molecule has 5 rings (SSSR count). The van der Waals surface area contributed by atoms with Crippen molar-refractivity contribution in [3.8, 4) is 11.6 Å². The number of rotatable bonds is 6. The molecule has 5 aromatic rings. The zero-order valence-corrected chi connectivity index (χ0v) is 17.6. The number of amides is 1. The number of anilines is 1. The van der Waals surface area contributed by atoms with Crippen molar-refractivity contribution in [2.24, 2.45) is 0 Å². The maximum absolute atomic E-state index is 12.8. The Labute approximate surface area is 193 Å². The molecule has 4 aromatic carbocycles. The van der Waals surface area contributed by atoms with Crippen LogP contribution in [0.15, 0.2) is 91.3 Å². The predicted molar refractivity (Wildman–Crippen MR) is 128 cm³/mol. The Hall–Kier alpha value is -5.05. The average Bonchev–Trinajstić information content (AvgIpc) is 2.87. The fourth-order valence-corrected chi connectivity index (χ4v) is 3.69. The van der Waals surface area contributed by atoms with Crippen LogP contribution in [0.2, 0.25) is 0 Å². The van der Waals surface area contributed by atoms with E-state index in [9.17, 15) is 14.9 Å². The maximum atomic E-state index is 12.8. The van der Waals surface area contributed by atoms with Gasteiger partial charge in [-0.3, -0.25) is 25.8 Å². The average molecular weight is 451 g/mol. The van der Waals surface area contributed by atoms with Crippen LogP contribution in [-0.2, 0) is 0 Å². The molecule has 0 saturated heterocycles.